The van der Waals surface area contributed by atoms with Gasteiger partial charge in [0.25, 0.3) is 0 Å². The molecule has 7 heteroatoms. The van der Waals surface area contributed by atoms with Crippen molar-refractivity contribution >= 4 is 17.8 Å². The van der Waals surface area contributed by atoms with Gasteiger partial charge in [0.05, 0.1) is 18.9 Å². The number of hydrogen-bond donors (Lipinski definition) is 2. The molecule has 0 aliphatic heterocycles. The highest BCUT2D eigenvalue weighted by atomic mass is 16.5. The average molecular weight is 279 g/mol. The Morgan fingerprint density at radius 3 is 2.50 bits per heavy atom. The minimum Gasteiger partial charge on any atom is -0.481 e. The van der Waals surface area contributed by atoms with Crippen LogP contribution in [0.3, 0.4) is 0 Å². The van der Waals surface area contributed by atoms with Gasteiger partial charge in [-0.25, -0.2) is 4.98 Å². The number of aliphatic carboxylic acids is 1. The van der Waals surface area contributed by atoms with Gasteiger partial charge in [-0.05, 0) is 12.3 Å². The molecular formula is C13H17N3O4. The number of aromatic nitrogens is 2. The lowest BCUT2D eigenvalue weighted by Crippen LogP contribution is -2.19. The Bertz CT molecular complexity index is 571. The number of nitrogens with one attached hydrogen (secondary N) is 1. The molecule has 0 radical (unpaired) electrons. The third kappa shape index (κ3) is 2.43. The van der Waals surface area contributed by atoms with Gasteiger partial charge in [0.2, 0.25) is 17.7 Å². The summed E-state index contributed by atoms with van der Waals surface area (Å²) < 4.78 is 5.00. The largest absolute Gasteiger partial charge is 0.481 e. The smallest absolute Gasteiger partial charge is 0.307 e. The van der Waals surface area contributed by atoms with Crippen molar-refractivity contribution in [1.29, 1.82) is 0 Å². The quantitative estimate of drug-likeness (QED) is 0.855. The number of carbonyl (C=O) groups excluding carboxylic acids is 1. The minimum atomic E-state index is -0.960. The van der Waals surface area contributed by atoms with Gasteiger partial charge in [-0.1, -0.05) is 13.8 Å². The second-order valence-corrected chi connectivity index (χ2v) is 5.48. The van der Waals surface area contributed by atoms with Crippen LogP contribution in [-0.2, 0) is 9.59 Å². The lowest BCUT2D eigenvalue weighted by atomic mass is 10.1. The van der Waals surface area contributed by atoms with E-state index in [1.54, 1.807) is 26.8 Å². The van der Waals surface area contributed by atoms with Crippen LogP contribution < -0.4 is 10.1 Å². The van der Waals surface area contributed by atoms with Crippen LogP contribution in [0.25, 0.3) is 0 Å². The number of amides is 1. The van der Waals surface area contributed by atoms with E-state index >= 15 is 0 Å². The van der Waals surface area contributed by atoms with E-state index in [9.17, 15) is 9.59 Å². The molecule has 2 N–H and O–H groups in total. The van der Waals surface area contributed by atoms with Gasteiger partial charge in [0.15, 0.2) is 0 Å². The number of anilines is 1. The van der Waals surface area contributed by atoms with Gasteiger partial charge in [0.1, 0.15) is 0 Å². The maximum absolute atomic E-state index is 12.1. The second kappa shape index (κ2) is 4.73. The Morgan fingerprint density at radius 2 is 2.00 bits per heavy atom. The number of rotatable bonds is 4. The summed E-state index contributed by atoms with van der Waals surface area (Å²) in [6.07, 6.45) is 0. The molecule has 7 nitrogen and oxygen atoms in total. The predicted octanol–water partition coefficient (Wildman–Crippen LogP) is 1.09. The first-order valence-corrected chi connectivity index (χ1v) is 6.20. The number of ether oxygens (including phenoxy) is 1. The SMILES string of the molecule is COc1cc(C)nc(NC(=O)C2C(C(=O)O)C2(C)C)n1. The molecule has 0 saturated heterocycles. The number of carboxylic acids is 1. The van der Waals surface area contributed by atoms with E-state index in [1.807, 2.05) is 0 Å². The molecule has 1 saturated carbocycles. The van der Waals surface area contributed by atoms with Gasteiger partial charge in [-0.3, -0.25) is 14.9 Å². The van der Waals surface area contributed by atoms with Crippen LogP contribution in [0.15, 0.2) is 6.07 Å². The highest BCUT2D eigenvalue weighted by Crippen LogP contribution is 2.58. The van der Waals surface area contributed by atoms with Crippen LogP contribution in [0.4, 0.5) is 5.95 Å². The number of methoxy groups -OCH3 is 1. The highest BCUT2D eigenvalue weighted by Gasteiger charge is 2.66. The van der Waals surface area contributed by atoms with Crippen molar-refractivity contribution in [2.75, 3.05) is 12.4 Å². The van der Waals surface area contributed by atoms with Crippen molar-refractivity contribution < 1.29 is 19.4 Å². The molecule has 0 bridgehead atoms. The first-order chi connectivity index (χ1) is 9.27. The van der Waals surface area contributed by atoms with Crippen molar-refractivity contribution in [2.45, 2.75) is 20.8 Å². The topological polar surface area (TPSA) is 101 Å². The minimum absolute atomic E-state index is 0.124. The van der Waals surface area contributed by atoms with E-state index in [4.69, 9.17) is 9.84 Å². The van der Waals surface area contributed by atoms with Crippen molar-refractivity contribution in [2.24, 2.45) is 17.3 Å². The maximum Gasteiger partial charge on any atom is 0.307 e. The zero-order valence-corrected chi connectivity index (χ0v) is 11.8. The number of nitrogens with zero attached hydrogens (tertiary/aromatic N) is 2. The van der Waals surface area contributed by atoms with E-state index in [-0.39, 0.29) is 11.9 Å². The molecule has 1 aliphatic carbocycles. The standard InChI is InChI=1S/C13H17N3O4/c1-6-5-7(20-4)15-12(14-6)16-10(17)8-9(11(18)19)13(8,2)3/h5,8-9H,1-4H3,(H,18,19)(H,14,15,16,17). The summed E-state index contributed by atoms with van der Waals surface area (Å²) in [4.78, 5) is 31.3. The van der Waals surface area contributed by atoms with E-state index in [0.29, 0.717) is 11.6 Å². The molecule has 0 aromatic carbocycles. The molecule has 2 unspecified atom stereocenters. The summed E-state index contributed by atoms with van der Waals surface area (Å²) >= 11 is 0. The molecule has 1 aromatic rings. The number of hydrogen-bond acceptors (Lipinski definition) is 5. The van der Waals surface area contributed by atoms with Crippen LogP contribution in [-0.4, -0.2) is 34.1 Å². The summed E-state index contributed by atoms with van der Waals surface area (Å²) in [5, 5.41) is 11.6. The lowest BCUT2D eigenvalue weighted by Gasteiger charge is -2.07. The van der Waals surface area contributed by atoms with Gasteiger partial charge in [-0.15, -0.1) is 0 Å². The second-order valence-electron chi connectivity index (χ2n) is 5.48. The molecule has 20 heavy (non-hydrogen) atoms. The molecular weight excluding hydrogens is 262 g/mol. The van der Waals surface area contributed by atoms with Crippen molar-refractivity contribution in [3.05, 3.63) is 11.8 Å². The lowest BCUT2D eigenvalue weighted by molar-refractivity contribution is -0.140. The summed E-state index contributed by atoms with van der Waals surface area (Å²) in [7, 11) is 1.47. The predicted molar refractivity (Wildman–Crippen MR) is 70.3 cm³/mol. The first-order valence-electron chi connectivity index (χ1n) is 6.20. The van der Waals surface area contributed by atoms with Crippen LogP contribution >= 0.6 is 0 Å². The molecule has 1 aliphatic rings. The maximum atomic E-state index is 12.1. The van der Waals surface area contributed by atoms with E-state index < -0.39 is 23.2 Å². The fraction of sp³-hybridized carbons (Fsp3) is 0.538. The van der Waals surface area contributed by atoms with Gasteiger partial charge < -0.3 is 9.84 Å². The molecule has 1 fully saturated rings. The van der Waals surface area contributed by atoms with E-state index in [1.165, 1.54) is 7.11 Å². The highest BCUT2D eigenvalue weighted by molar-refractivity contribution is 5.98. The molecule has 1 heterocycles. The average Bonchev–Trinajstić information content (AvgIpc) is 2.91. The third-order valence-electron chi connectivity index (χ3n) is 3.65. The van der Waals surface area contributed by atoms with E-state index in [2.05, 4.69) is 15.3 Å². The molecule has 2 rings (SSSR count). The molecule has 1 aromatic heterocycles. The summed E-state index contributed by atoms with van der Waals surface area (Å²) in [5.74, 6) is -2.12. The molecule has 108 valence electrons. The first kappa shape index (κ1) is 14.2. The Kier molecular flexibility index (Phi) is 3.37. The Morgan fingerprint density at radius 1 is 1.35 bits per heavy atom. The van der Waals surface area contributed by atoms with Crippen molar-refractivity contribution in [3.8, 4) is 5.88 Å². The summed E-state index contributed by atoms with van der Waals surface area (Å²) in [6.45, 7) is 5.27. The zero-order valence-electron chi connectivity index (χ0n) is 11.8. The molecule has 0 spiro atoms. The molecule has 2 atom stereocenters. The monoisotopic (exact) mass is 279 g/mol. The van der Waals surface area contributed by atoms with Crippen LogP contribution in [0.5, 0.6) is 5.88 Å². The van der Waals surface area contributed by atoms with Gasteiger partial charge in [-0.2, -0.15) is 4.98 Å². The van der Waals surface area contributed by atoms with Crippen LogP contribution in [0.2, 0.25) is 0 Å². The van der Waals surface area contributed by atoms with Crippen LogP contribution in [0.1, 0.15) is 19.5 Å². The Hall–Kier alpha value is -2.18. The van der Waals surface area contributed by atoms with Crippen molar-refractivity contribution in [1.82, 2.24) is 9.97 Å². The third-order valence-corrected chi connectivity index (χ3v) is 3.65. The van der Waals surface area contributed by atoms with Crippen molar-refractivity contribution in [3.63, 3.8) is 0 Å². The Labute approximate surface area is 116 Å². The fourth-order valence-corrected chi connectivity index (χ4v) is 2.48. The normalized spacial score (nSPS) is 23.0. The van der Waals surface area contributed by atoms with Gasteiger partial charge in [0, 0.05) is 11.8 Å². The fourth-order valence-electron chi connectivity index (χ4n) is 2.48. The number of carboxylic acid groups (broad SMARTS) is 1. The van der Waals surface area contributed by atoms with E-state index in [0.717, 1.165) is 0 Å². The van der Waals surface area contributed by atoms with Crippen LogP contribution in [0, 0.1) is 24.2 Å². The van der Waals surface area contributed by atoms with Gasteiger partial charge >= 0.3 is 5.97 Å². The summed E-state index contributed by atoms with van der Waals surface area (Å²) in [5.41, 5.74) is 0.0982. The Balaban J connectivity index is 2.13. The number of aryl methyl sites for hydroxylation is 1. The number of carbonyl (C=O) groups is 2. The summed E-state index contributed by atoms with van der Waals surface area (Å²) in [6, 6.07) is 1.64. The zero-order chi connectivity index (χ0) is 15.1. The molecule has 1 amide bonds.